The molecule has 1 aromatic carbocycles. The van der Waals surface area contributed by atoms with E-state index in [0.717, 1.165) is 24.2 Å². The van der Waals surface area contributed by atoms with Gasteiger partial charge in [-0.3, -0.25) is 0 Å². The Hall–Kier alpha value is -1.51. The number of fused-ring (bicyclic) bond motifs is 1. The molecule has 0 saturated heterocycles. The molecule has 0 bridgehead atoms. The highest BCUT2D eigenvalue weighted by molar-refractivity contribution is 5.79. The van der Waals surface area contributed by atoms with Gasteiger partial charge in [0.15, 0.2) is 0 Å². The lowest BCUT2D eigenvalue weighted by molar-refractivity contribution is 0.585. The summed E-state index contributed by atoms with van der Waals surface area (Å²) in [6, 6.07) is 6.10. The Morgan fingerprint density at radius 3 is 2.83 bits per heavy atom. The molecule has 3 rings (SSSR count). The fourth-order valence-electron chi connectivity index (χ4n) is 3.12. The van der Waals surface area contributed by atoms with E-state index in [9.17, 15) is 0 Å². The van der Waals surface area contributed by atoms with Crippen molar-refractivity contribution in [3.8, 4) is 0 Å². The molecule has 0 amide bonds. The summed E-state index contributed by atoms with van der Waals surface area (Å²) in [6.45, 7) is 3.29. The lowest BCUT2D eigenvalue weighted by atomic mass is 10.1. The van der Waals surface area contributed by atoms with Crippen LogP contribution in [0, 0.1) is 0 Å². The summed E-state index contributed by atoms with van der Waals surface area (Å²) in [5, 5.41) is 0. The standard InChI is InChI=1S/C15H21N3/c1-2-9-18-14-8-7-12(16)10-13(14)17-15(18)11-5-3-4-6-11/h7-8,10-11H,2-6,9,16H2,1H3. The number of aromatic nitrogens is 2. The third-order valence-corrected chi connectivity index (χ3v) is 3.97. The van der Waals surface area contributed by atoms with Crippen molar-refractivity contribution in [1.82, 2.24) is 9.55 Å². The minimum atomic E-state index is 0.658. The van der Waals surface area contributed by atoms with Crippen molar-refractivity contribution in [2.24, 2.45) is 0 Å². The van der Waals surface area contributed by atoms with Crippen LogP contribution in [-0.4, -0.2) is 9.55 Å². The van der Waals surface area contributed by atoms with Crippen molar-refractivity contribution < 1.29 is 0 Å². The predicted molar refractivity (Wildman–Crippen MR) is 75.6 cm³/mol. The molecule has 1 aliphatic rings. The summed E-state index contributed by atoms with van der Waals surface area (Å²) >= 11 is 0. The molecule has 1 saturated carbocycles. The third-order valence-electron chi connectivity index (χ3n) is 3.97. The molecule has 2 N–H and O–H groups in total. The number of hydrogen-bond donors (Lipinski definition) is 1. The van der Waals surface area contributed by atoms with Gasteiger partial charge in [0.25, 0.3) is 0 Å². The van der Waals surface area contributed by atoms with Crippen molar-refractivity contribution in [2.45, 2.75) is 51.5 Å². The first-order valence-electron chi connectivity index (χ1n) is 7.05. The van der Waals surface area contributed by atoms with Gasteiger partial charge in [0.1, 0.15) is 5.82 Å². The van der Waals surface area contributed by atoms with Crippen LogP contribution in [0.25, 0.3) is 11.0 Å². The Morgan fingerprint density at radius 2 is 2.11 bits per heavy atom. The van der Waals surface area contributed by atoms with E-state index in [1.807, 2.05) is 12.1 Å². The second-order valence-electron chi connectivity index (χ2n) is 5.35. The van der Waals surface area contributed by atoms with E-state index in [-0.39, 0.29) is 0 Å². The Morgan fingerprint density at radius 1 is 1.33 bits per heavy atom. The van der Waals surface area contributed by atoms with E-state index in [4.69, 9.17) is 10.7 Å². The number of anilines is 1. The fourth-order valence-corrected chi connectivity index (χ4v) is 3.12. The van der Waals surface area contributed by atoms with Crippen LogP contribution in [0.4, 0.5) is 5.69 Å². The topological polar surface area (TPSA) is 43.8 Å². The van der Waals surface area contributed by atoms with E-state index in [0.29, 0.717) is 5.92 Å². The van der Waals surface area contributed by atoms with Crippen molar-refractivity contribution in [3.63, 3.8) is 0 Å². The van der Waals surface area contributed by atoms with Crippen molar-refractivity contribution >= 4 is 16.7 Å². The highest BCUT2D eigenvalue weighted by atomic mass is 15.1. The second-order valence-corrected chi connectivity index (χ2v) is 5.35. The zero-order valence-corrected chi connectivity index (χ0v) is 11.0. The van der Waals surface area contributed by atoms with Crippen molar-refractivity contribution in [2.75, 3.05) is 5.73 Å². The van der Waals surface area contributed by atoms with Gasteiger partial charge < -0.3 is 10.3 Å². The number of rotatable bonds is 3. The van der Waals surface area contributed by atoms with Crippen LogP contribution >= 0.6 is 0 Å². The Labute approximate surface area is 108 Å². The quantitative estimate of drug-likeness (QED) is 0.836. The zero-order chi connectivity index (χ0) is 12.5. The molecule has 1 heterocycles. The molecule has 0 atom stereocenters. The number of nitrogens with zero attached hydrogens (tertiary/aromatic N) is 2. The van der Waals surface area contributed by atoms with E-state index in [1.54, 1.807) is 0 Å². The zero-order valence-electron chi connectivity index (χ0n) is 11.0. The molecule has 1 fully saturated rings. The average molecular weight is 243 g/mol. The maximum atomic E-state index is 5.86. The molecular weight excluding hydrogens is 222 g/mol. The molecular formula is C15H21N3. The first-order valence-corrected chi connectivity index (χ1v) is 7.05. The first-order chi connectivity index (χ1) is 8.79. The number of nitrogen functional groups attached to an aromatic ring is 1. The number of aryl methyl sites for hydroxylation is 1. The highest BCUT2D eigenvalue weighted by Crippen LogP contribution is 2.35. The lowest BCUT2D eigenvalue weighted by Gasteiger charge is -2.12. The average Bonchev–Trinajstić information content (AvgIpc) is 2.97. The summed E-state index contributed by atoms with van der Waals surface area (Å²) in [6.07, 6.45) is 6.44. The number of hydrogen-bond acceptors (Lipinski definition) is 2. The van der Waals surface area contributed by atoms with Gasteiger partial charge in [-0.15, -0.1) is 0 Å². The monoisotopic (exact) mass is 243 g/mol. The summed E-state index contributed by atoms with van der Waals surface area (Å²) in [5.41, 5.74) is 8.97. The van der Waals surface area contributed by atoms with Crippen LogP contribution in [0.2, 0.25) is 0 Å². The molecule has 0 unspecified atom stereocenters. The molecule has 0 aliphatic heterocycles. The first kappa shape index (κ1) is 11.6. The van der Waals surface area contributed by atoms with Crippen LogP contribution in [0.3, 0.4) is 0 Å². The van der Waals surface area contributed by atoms with Crippen molar-refractivity contribution in [3.05, 3.63) is 24.0 Å². The van der Waals surface area contributed by atoms with Crippen LogP contribution < -0.4 is 5.73 Å². The molecule has 96 valence electrons. The summed E-state index contributed by atoms with van der Waals surface area (Å²) in [4.78, 5) is 4.86. The fraction of sp³-hybridized carbons (Fsp3) is 0.533. The van der Waals surface area contributed by atoms with Gasteiger partial charge in [-0.1, -0.05) is 19.8 Å². The largest absolute Gasteiger partial charge is 0.399 e. The van der Waals surface area contributed by atoms with Gasteiger partial charge in [0.2, 0.25) is 0 Å². The van der Waals surface area contributed by atoms with Gasteiger partial charge in [0, 0.05) is 18.2 Å². The number of benzene rings is 1. The predicted octanol–water partition coefficient (Wildman–Crippen LogP) is 3.69. The minimum Gasteiger partial charge on any atom is -0.399 e. The van der Waals surface area contributed by atoms with Crippen LogP contribution in [0.5, 0.6) is 0 Å². The maximum Gasteiger partial charge on any atom is 0.112 e. The van der Waals surface area contributed by atoms with E-state index in [1.165, 1.54) is 37.0 Å². The SMILES string of the molecule is CCCn1c(C2CCCC2)nc2cc(N)ccc21. The van der Waals surface area contributed by atoms with Crippen molar-refractivity contribution in [1.29, 1.82) is 0 Å². The van der Waals surface area contributed by atoms with Gasteiger partial charge in [-0.2, -0.15) is 0 Å². The van der Waals surface area contributed by atoms with E-state index < -0.39 is 0 Å². The Balaban J connectivity index is 2.13. The van der Waals surface area contributed by atoms with Gasteiger partial charge >= 0.3 is 0 Å². The molecule has 0 radical (unpaired) electrons. The van der Waals surface area contributed by atoms with Crippen LogP contribution in [0.1, 0.15) is 50.8 Å². The molecule has 0 spiro atoms. The summed E-state index contributed by atoms with van der Waals surface area (Å²) < 4.78 is 2.41. The smallest absolute Gasteiger partial charge is 0.112 e. The van der Waals surface area contributed by atoms with Gasteiger partial charge in [0.05, 0.1) is 11.0 Å². The normalized spacial score (nSPS) is 16.7. The molecule has 18 heavy (non-hydrogen) atoms. The Bertz CT molecular complexity index is 550. The van der Waals surface area contributed by atoms with E-state index >= 15 is 0 Å². The van der Waals surface area contributed by atoms with E-state index in [2.05, 4.69) is 17.6 Å². The van der Waals surface area contributed by atoms with Gasteiger partial charge in [-0.25, -0.2) is 4.98 Å². The second kappa shape index (κ2) is 4.63. The maximum absolute atomic E-state index is 5.86. The Kier molecular flexibility index (Phi) is 2.98. The molecule has 2 aromatic rings. The molecule has 3 nitrogen and oxygen atoms in total. The van der Waals surface area contributed by atoms with Crippen LogP contribution in [0.15, 0.2) is 18.2 Å². The molecule has 3 heteroatoms. The van der Waals surface area contributed by atoms with Crippen LogP contribution in [-0.2, 0) is 6.54 Å². The number of imidazole rings is 1. The van der Waals surface area contributed by atoms with Gasteiger partial charge in [-0.05, 0) is 37.5 Å². The lowest BCUT2D eigenvalue weighted by Crippen LogP contribution is -2.06. The summed E-state index contributed by atoms with van der Waals surface area (Å²) in [5.74, 6) is 1.94. The summed E-state index contributed by atoms with van der Waals surface area (Å²) in [7, 11) is 0. The highest BCUT2D eigenvalue weighted by Gasteiger charge is 2.23. The number of nitrogens with two attached hydrogens (primary N) is 1. The third kappa shape index (κ3) is 1.88. The molecule has 1 aromatic heterocycles. The molecule has 1 aliphatic carbocycles. The minimum absolute atomic E-state index is 0.658.